The number of halogens is 1. The molecule has 0 unspecified atom stereocenters. The van der Waals surface area contributed by atoms with Crippen molar-refractivity contribution >= 4 is 34.8 Å². The van der Waals surface area contributed by atoms with Gasteiger partial charge in [-0.15, -0.1) is 0 Å². The third-order valence-electron chi connectivity index (χ3n) is 5.23. The third kappa shape index (κ3) is 7.42. The number of hydrogen-bond donors (Lipinski definition) is 0. The zero-order chi connectivity index (χ0) is 24.7. The molecule has 0 spiro atoms. The summed E-state index contributed by atoms with van der Waals surface area (Å²) in [5, 5.41) is 9.48. The number of anilines is 1. The lowest BCUT2D eigenvalue weighted by molar-refractivity contribution is 0.0579. The predicted molar refractivity (Wildman–Crippen MR) is 140 cm³/mol. The highest BCUT2D eigenvalue weighted by atomic mass is 35.5. The van der Waals surface area contributed by atoms with E-state index < -0.39 is 5.60 Å². The van der Waals surface area contributed by atoms with Gasteiger partial charge in [-0.2, -0.15) is 10.2 Å². The van der Waals surface area contributed by atoms with Gasteiger partial charge in [-0.05, 0) is 101 Å². The lowest BCUT2D eigenvalue weighted by Crippen LogP contribution is -2.38. The highest BCUT2D eigenvalue weighted by molar-refractivity contribution is 6.30. The first-order valence-electron chi connectivity index (χ1n) is 11.5. The van der Waals surface area contributed by atoms with Gasteiger partial charge in [0, 0.05) is 11.6 Å². The standard InChI is InChI=1S/C28H32ClN3O2/c1-20-9-6-7-11-25(20)31-30-24-16-17-26(21(2)19-24)32(27(33)34-28(3,4)5)18-8-10-22-12-14-23(29)15-13-22/h6-7,9,11-17,19H,8,10,18H2,1-5H3. The average molecular weight is 478 g/mol. The van der Waals surface area contributed by atoms with Crippen LogP contribution in [0.5, 0.6) is 0 Å². The lowest BCUT2D eigenvalue weighted by atomic mass is 10.1. The van der Waals surface area contributed by atoms with Crippen LogP contribution in [-0.2, 0) is 11.2 Å². The highest BCUT2D eigenvalue weighted by Gasteiger charge is 2.24. The molecule has 0 aliphatic rings. The van der Waals surface area contributed by atoms with Crippen molar-refractivity contribution in [1.82, 2.24) is 0 Å². The van der Waals surface area contributed by atoms with Crippen LogP contribution in [-0.4, -0.2) is 18.2 Å². The number of azo groups is 1. The molecule has 34 heavy (non-hydrogen) atoms. The third-order valence-corrected chi connectivity index (χ3v) is 5.49. The highest BCUT2D eigenvalue weighted by Crippen LogP contribution is 2.29. The van der Waals surface area contributed by atoms with Gasteiger partial charge in [-0.1, -0.05) is 41.9 Å². The normalized spacial score (nSPS) is 11.6. The summed E-state index contributed by atoms with van der Waals surface area (Å²) in [6, 6.07) is 21.4. The largest absolute Gasteiger partial charge is 0.443 e. The summed E-state index contributed by atoms with van der Waals surface area (Å²) in [5.74, 6) is 0. The number of amides is 1. The molecule has 0 bridgehead atoms. The Kier molecular flexibility index (Phi) is 8.46. The fourth-order valence-corrected chi connectivity index (χ4v) is 3.64. The Bertz CT molecular complexity index is 1150. The maximum absolute atomic E-state index is 13.1. The van der Waals surface area contributed by atoms with Gasteiger partial charge in [-0.3, -0.25) is 4.90 Å². The zero-order valence-electron chi connectivity index (χ0n) is 20.5. The second-order valence-electron chi connectivity index (χ2n) is 9.32. The van der Waals surface area contributed by atoms with Gasteiger partial charge in [0.2, 0.25) is 0 Å². The van der Waals surface area contributed by atoms with E-state index in [0.717, 1.165) is 46.1 Å². The van der Waals surface area contributed by atoms with Crippen LogP contribution >= 0.6 is 11.6 Å². The van der Waals surface area contributed by atoms with Crippen LogP contribution in [0.15, 0.2) is 77.0 Å². The minimum atomic E-state index is -0.582. The van der Waals surface area contributed by atoms with Crippen molar-refractivity contribution in [2.45, 2.75) is 53.1 Å². The topological polar surface area (TPSA) is 54.3 Å². The van der Waals surface area contributed by atoms with Crippen molar-refractivity contribution in [2.75, 3.05) is 11.4 Å². The van der Waals surface area contributed by atoms with Crippen molar-refractivity contribution in [3.8, 4) is 0 Å². The summed E-state index contributed by atoms with van der Waals surface area (Å²) < 4.78 is 5.70. The number of aryl methyl sites for hydroxylation is 3. The van der Waals surface area contributed by atoms with Crippen LogP contribution in [0, 0.1) is 13.8 Å². The van der Waals surface area contributed by atoms with E-state index in [1.807, 2.05) is 101 Å². The molecule has 178 valence electrons. The van der Waals surface area contributed by atoms with E-state index in [4.69, 9.17) is 16.3 Å². The van der Waals surface area contributed by atoms with Gasteiger partial charge < -0.3 is 4.74 Å². The van der Waals surface area contributed by atoms with Gasteiger partial charge >= 0.3 is 6.09 Å². The molecule has 3 aromatic rings. The maximum atomic E-state index is 13.1. The Morgan fingerprint density at radius 1 is 0.941 bits per heavy atom. The van der Waals surface area contributed by atoms with Crippen LogP contribution in [0.25, 0.3) is 0 Å². The summed E-state index contributed by atoms with van der Waals surface area (Å²) in [7, 11) is 0. The van der Waals surface area contributed by atoms with Gasteiger partial charge in [0.15, 0.2) is 0 Å². The smallest absolute Gasteiger partial charge is 0.414 e. The summed E-state index contributed by atoms with van der Waals surface area (Å²) in [4.78, 5) is 14.8. The molecular weight excluding hydrogens is 446 g/mol. The Labute approximate surface area is 207 Å². The maximum Gasteiger partial charge on any atom is 0.414 e. The van der Waals surface area contributed by atoms with Gasteiger partial charge in [0.25, 0.3) is 0 Å². The molecule has 3 rings (SSSR count). The molecule has 0 atom stereocenters. The molecular formula is C28H32ClN3O2. The summed E-state index contributed by atoms with van der Waals surface area (Å²) in [6.07, 6.45) is 1.26. The van der Waals surface area contributed by atoms with E-state index in [1.54, 1.807) is 4.90 Å². The number of benzene rings is 3. The van der Waals surface area contributed by atoms with Crippen molar-refractivity contribution < 1.29 is 9.53 Å². The van der Waals surface area contributed by atoms with Gasteiger partial charge in [-0.25, -0.2) is 4.79 Å². The van der Waals surface area contributed by atoms with Crippen LogP contribution in [0.1, 0.15) is 43.9 Å². The number of carbonyl (C=O) groups is 1. The van der Waals surface area contributed by atoms with Crippen LogP contribution in [0.4, 0.5) is 21.9 Å². The van der Waals surface area contributed by atoms with E-state index in [9.17, 15) is 4.79 Å². The number of nitrogens with zero attached hydrogens (tertiary/aromatic N) is 3. The number of hydrogen-bond acceptors (Lipinski definition) is 4. The van der Waals surface area contributed by atoms with E-state index in [1.165, 1.54) is 5.56 Å². The fourth-order valence-electron chi connectivity index (χ4n) is 3.51. The van der Waals surface area contributed by atoms with Crippen LogP contribution < -0.4 is 4.90 Å². The lowest BCUT2D eigenvalue weighted by Gasteiger charge is -2.28. The molecule has 0 aliphatic carbocycles. The van der Waals surface area contributed by atoms with Crippen LogP contribution in [0.2, 0.25) is 5.02 Å². The molecule has 0 fully saturated rings. The molecule has 1 amide bonds. The zero-order valence-corrected chi connectivity index (χ0v) is 21.3. The monoisotopic (exact) mass is 477 g/mol. The molecule has 5 nitrogen and oxygen atoms in total. The average Bonchev–Trinajstić information content (AvgIpc) is 2.77. The Morgan fingerprint density at radius 3 is 2.29 bits per heavy atom. The van der Waals surface area contributed by atoms with Crippen molar-refractivity contribution in [2.24, 2.45) is 10.2 Å². The fraction of sp³-hybridized carbons (Fsp3) is 0.321. The first-order chi connectivity index (χ1) is 16.1. The first kappa shape index (κ1) is 25.4. The van der Waals surface area contributed by atoms with Gasteiger partial charge in [0.1, 0.15) is 5.60 Å². The second kappa shape index (κ2) is 11.3. The number of ether oxygens (including phenoxy) is 1. The Morgan fingerprint density at radius 2 is 1.65 bits per heavy atom. The van der Waals surface area contributed by atoms with Crippen molar-refractivity contribution in [3.05, 3.63) is 88.4 Å². The Balaban J connectivity index is 1.79. The predicted octanol–water partition coefficient (Wildman–Crippen LogP) is 8.75. The molecule has 0 saturated heterocycles. The molecule has 0 radical (unpaired) electrons. The SMILES string of the molecule is Cc1ccccc1N=Nc1ccc(N(CCCc2ccc(Cl)cc2)C(=O)OC(C)(C)C)c(C)c1. The second-order valence-corrected chi connectivity index (χ2v) is 9.76. The summed E-state index contributed by atoms with van der Waals surface area (Å²) in [5.41, 5.74) is 4.96. The van der Waals surface area contributed by atoms with Crippen molar-refractivity contribution in [1.29, 1.82) is 0 Å². The van der Waals surface area contributed by atoms with E-state index >= 15 is 0 Å². The molecule has 0 aliphatic heterocycles. The van der Waals surface area contributed by atoms with E-state index in [2.05, 4.69) is 10.2 Å². The number of carbonyl (C=O) groups excluding carboxylic acids is 1. The van der Waals surface area contributed by atoms with Gasteiger partial charge in [0.05, 0.1) is 17.1 Å². The van der Waals surface area contributed by atoms with E-state index in [-0.39, 0.29) is 6.09 Å². The molecule has 0 N–H and O–H groups in total. The molecule has 0 aromatic heterocycles. The molecule has 6 heteroatoms. The number of rotatable bonds is 7. The summed E-state index contributed by atoms with van der Waals surface area (Å²) in [6.45, 7) is 10.1. The van der Waals surface area contributed by atoms with E-state index in [0.29, 0.717) is 6.54 Å². The summed E-state index contributed by atoms with van der Waals surface area (Å²) >= 11 is 5.99. The molecule has 3 aromatic carbocycles. The minimum Gasteiger partial charge on any atom is -0.443 e. The Hall–Kier alpha value is -3.18. The first-order valence-corrected chi connectivity index (χ1v) is 11.8. The quantitative estimate of drug-likeness (QED) is 0.319. The minimum absolute atomic E-state index is 0.360. The van der Waals surface area contributed by atoms with Crippen molar-refractivity contribution in [3.63, 3.8) is 0 Å². The molecule has 0 saturated carbocycles. The van der Waals surface area contributed by atoms with Crippen LogP contribution in [0.3, 0.4) is 0 Å². The molecule has 0 heterocycles.